The van der Waals surface area contributed by atoms with Crippen LogP contribution in [0.2, 0.25) is 5.02 Å². The highest BCUT2D eigenvalue weighted by Gasteiger charge is 2.19. The first-order valence-electron chi connectivity index (χ1n) is 6.73. The average Bonchev–Trinajstić information content (AvgIpc) is 2.57. The van der Waals surface area contributed by atoms with Gasteiger partial charge in [-0.25, -0.2) is 0 Å². The normalized spacial score (nSPS) is 12.2. The Morgan fingerprint density at radius 3 is 1.80 bits per heavy atom. The van der Waals surface area contributed by atoms with Crippen LogP contribution in [0.5, 0.6) is 0 Å². The molecule has 0 aliphatic carbocycles. The summed E-state index contributed by atoms with van der Waals surface area (Å²) in [5.41, 5.74) is 2.96. The first kappa shape index (κ1) is 15.0. The molecule has 0 N–H and O–H groups in total. The van der Waals surface area contributed by atoms with E-state index in [0.29, 0.717) is 0 Å². The highest BCUT2D eigenvalue weighted by molar-refractivity contribution is 6.33. The number of aryl methyl sites for hydroxylation is 2. The van der Waals surface area contributed by atoms with E-state index < -0.39 is 0 Å². The topological polar surface area (TPSA) is 14.2 Å². The van der Waals surface area contributed by atoms with E-state index in [-0.39, 0.29) is 5.60 Å². The molecule has 0 saturated heterocycles. The molecule has 2 aromatic rings. The number of fused-ring (bicyclic) bond motifs is 1. The smallest absolute Gasteiger partial charge is 0.127 e. The second kappa shape index (κ2) is 4.56. The zero-order valence-corrected chi connectivity index (χ0v) is 13.9. The van der Waals surface area contributed by atoms with E-state index in [1.165, 1.54) is 0 Å². The van der Waals surface area contributed by atoms with Gasteiger partial charge < -0.3 is 4.84 Å². The van der Waals surface area contributed by atoms with Gasteiger partial charge in [-0.1, -0.05) is 24.8 Å². The number of nitrogens with zero attached hydrogens (tertiary/aromatic N) is 1. The van der Waals surface area contributed by atoms with E-state index in [2.05, 4.69) is 20.1 Å². The Morgan fingerprint density at radius 1 is 0.900 bits per heavy atom. The number of hydrogen-bond acceptors (Lipinski definition) is 1. The summed E-state index contributed by atoms with van der Waals surface area (Å²) in [7, 11) is 0. The molecule has 0 amide bonds. The van der Waals surface area contributed by atoms with Crippen molar-refractivity contribution in [3.63, 3.8) is 0 Å². The van der Waals surface area contributed by atoms with E-state index >= 15 is 0 Å². The lowest BCUT2D eigenvalue weighted by Gasteiger charge is -2.21. The van der Waals surface area contributed by atoms with Gasteiger partial charge in [-0.2, -0.15) is 4.73 Å². The Morgan fingerprint density at radius 2 is 1.35 bits per heavy atom. The Kier molecular flexibility index (Phi) is 3.42. The molecule has 0 unspecified atom stereocenters. The van der Waals surface area contributed by atoms with Crippen molar-refractivity contribution in [3.8, 4) is 0 Å². The molecule has 1 aromatic carbocycles. The first-order valence-corrected chi connectivity index (χ1v) is 7.11. The minimum absolute atomic E-state index is 0.311. The SMILES string of the molecule is C=c1c2c(C)c(C)c(Cl)c(C)c2c(=C)n1OC(C)(C)C. The molecule has 2 nitrogen and oxygen atoms in total. The summed E-state index contributed by atoms with van der Waals surface area (Å²) in [6.07, 6.45) is 0. The van der Waals surface area contributed by atoms with E-state index in [9.17, 15) is 0 Å². The van der Waals surface area contributed by atoms with Crippen molar-refractivity contribution in [2.75, 3.05) is 0 Å². The van der Waals surface area contributed by atoms with Gasteiger partial charge in [0.1, 0.15) is 5.60 Å². The summed E-state index contributed by atoms with van der Waals surface area (Å²) in [5.74, 6) is 0. The number of hydrogen-bond donors (Lipinski definition) is 0. The monoisotopic (exact) mass is 291 g/mol. The Balaban J connectivity index is 2.98. The lowest BCUT2D eigenvalue weighted by Crippen LogP contribution is -2.41. The summed E-state index contributed by atoms with van der Waals surface area (Å²) >= 11 is 6.43. The zero-order chi connectivity index (χ0) is 15.4. The van der Waals surface area contributed by atoms with Crippen molar-refractivity contribution in [1.29, 1.82) is 0 Å². The van der Waals surface area contributed by atoms with Gasteiger partial charge in [-0.05, 0) is 58.2 Å². The van der Waals surface area contributed by atoms with Crippen LogP contribution in [0.4, 0.5) is 0 Å². The molecule has 2 rings (SSSR count). The van der Waals surface area contributed by atoms with Gasteiger partial charge in [-0.3, -0.25) is 0 Å². The Bertz CT molecular complexity index is 735. The number of aromatic nitrogens is 1. The van der Waals surface area contributed by atoms with E-state index in [0.717, 1.165) is 43.2 Å². The third-order valence-electron chi connectivity index (χ3n) is 3.65. The van der Waals surface area contributed by atoms with Gasteiger partial charge in [-0.15, -0.1) is 0 Å². The molecule has 0 aliphatic rings. The van der Waals surface area contributed by atoms with Crippen LogP contribution in [0.15, 0.2) is 0 Å². The predicted octanol–water partition coefficient (Wildman–Crippen LogP) is 3.27. The molecule has 0 atom stereocenters. The minimum Gasteiger partial charge on any atom is -0.408 e. The minimum atomic E-state index is -0.311. The van der Waals surface area contributed by atoms with Gasteiger partial charge in [0.25, 0.3) is 0 Å². The first-order chi connectivity index (χ1) is 9.06. The molecule has 0 spiro atoms. The maximum absolute atomic E-state index is 6.43. The average molecular weight is 292 g/mol. The molecule has 1 heterocycles. The summed E-state index contributed by atoms with van der Waals surface area (Å²) in [4.78, 5) is 5.99. The molecule has 3 heteroatoms. The van der Waals surface area contributed by atoms with Crippen LogP contribution in [0, 0.1) is 20.8 Å². The van der Waals surface area contributed by atoms with E-state index in [1.807, 2.05) is 34.6 Å². The molecule has 20 heavy (non-hydrogen) atoms. The van der Waals surface area contributed by atoms with Gasteiger partial charge >= 0.3 is 0 Å². The fourth-order valence-electron chi connectivity index (χ4n) is 2.59. The third-order valence-corrected chi connectivity index (χ3v) is 4.22. The predicted molar refractivity (Wildman–Crippen MR) is 87.8 cm³/mol. The van der Waals surface area contributed by atoms with Gasteiger partial charge in [0.2, 0.25) is 0 Å². The number of rotatable bonds is 1. The van der Waals surface area contributed by atoms with Crippen LogP contribution in [0.25, 0.3) is 23.9 Å². The second-order valence-electron chi connectivity index (χ2n) is 6.33. The maximum Gasteiger partial charge on any atom is 0.127 e. The number of benzene rings is 1. The van der Waals surface area contributed by atoms with Gasteiger partial charge in [0.15, 0.2) is 0 Å². The molecular weight excluding hydrogens is 270 g/mol. The molecule has 0 fully saturated rings. The molecule has 0 aliphatic heterocycles. The third kappa shape index (κ3) is 2.12. The highest BCUT2D eigenvalue weighted by atomic mass is 35.5. The standard InChI is InChI=1S/C17H22ClNO/c1-9-10(2)16(18)11(3)15-13(5)19(12(4)14(9)15)20-17(6,7)8/h4-5H2,1-3,6-8H3. The van der Waals surface area contributed by atoms with Crippen molar-refractivity contribution >= 4 is 35.5 Å². The van der Waals surface area contributed by atoms with Gasteiger partial charge in [0.05, 0.1) is 10.7 Å². The summed E-state index contributed by atoms with van der Waals surface area (Å²) in [5, 5.41) is 4.58. The fraction of sp³-hybridized carbons (Fsp3) is 0.412. The van der Waals surface area contributed by atoms with Crippen LogP contribution in [0.3, 0.4) is 0 Å². The number of halogens is 1. The van der Waals surface area contributed by atoms with E-state index in [4.69, 9.17) is 16.4 Å². The molecule has 0 radical (unpaired) electrons. The van der Waals surface area contributed by atoms with Crippen LogP contribution in [-0.2, 0) is 0 Å². The molecule has 0 saturated carbocycles. The molecule has 0 bridgehead atoms. The lowest BCUT2D eigenvalue weighted by molar-refractivity contribution is -0.0215. The summed E-state index contributed by atoms with van der Waals surface area (Å²) < 4.78 is 1.74. The van der Waals surface area contributed by atoms with Crippen molar-refractivity contribution in [2.45, 2.75) is 47.1 Å². The van der Waals surface area contributed by atoms with Crippen LogP contribution < -0.4 is 15.5 Å². The quantitative estimate of drug-likeness (QED) is 0.786. The molecule has 1 aromatic heterocycles. The van der Waals surface area contributed by atoms with Crippen molar-refractivity contribution in [3.05, 3.63) is 32.4 Å². The fourth-order valence-corrected chi connectivity index (χ4v) is 2.83. The van der Waals surface area contributed by atoms with E-state index in [1.54, 1.807) is 4.73 Å². The Labute approximate surface area is 125 Å². The summed E-state index contributed by atoms with van der Waals surface area (Å²) in [6.45, 7) is 20.5. The summed E-state index contributed by atoms with van der Waals surface area (Å²) in [6, 6.07) is 0. The zero-order valence-electron chi connectivity index (χ0n) is 13.1. The van der Waals surface area contributed by atoms with Crippen molar-refractivity contribution in [1.82, 2.24) is 4.73 Å². The second-order valence-corrected chi connectivity index (χ2v) is 6.71. The van der Waals surface area contributed by atoms with Crippen LogP contribution in [-0.4, -0.2) is 10.3 Å². The van der Waals surface area contributed by atoms with Crippen LogP contribution in [0.1, 0.15) is 37.5 Å². The largest absolute Gasteiger partial charge is 0.408 e. The Hall–Kier alpha value is -1.41. The van der Waals surface area contributed by atoms with Gasteiger partial charge in [0, 0.05) is 15.8 Å². The lowest BCUT2D eigenvalue weighted by atomic mass is 9.99. The van der Waals surface area contributed by atoms with Crippen LogP contribution >= 0.6 is 11.6 Å². The van der Waals surface area contributed by atoms with Crippen molar-refractivity contribution < 1.29 is 4.84 Å². The molecular formula is C17H22ClNO. The van der Waals surface area contributed by atoms with Crippen molar-refractivity contribution in [2.24, 2.45) is 0 Å². The molecule has 108 valence electrons. The maximum atomic E-state index is 6.43. The highest BCUT2D eigenvalue weighted by Crippen LogP contribution is 2.29.